The monoisotopic (exact) mass is 532 g/mol. The molecule has 1 saturated carbocycles. The number of likely N-dealkylation sites (N-methyl/N-ethyl adjacent to an activating group) is 1. The first-order valence-corrected chi connectivity index (χ1v) is 12.6. The van der Waals surface area contributed by atoms with Crippen molar-refractivity contribution in [2.75, 3.05) is 31.3 Å². The minimum Gasteiger partial charge on any atom is -0.339 e. The summed E-state index contributed by atoms with van der Waals surface area (Å²) in [7, 11) is 3.55. The van der Waals surface area contributed by atoms with Crippen LogP contribution < -0.4 is 27.4 Å². The van der Waals surface area contributed by atoms with Crippen LogP contribution in [-0.2, 0) is 4.79 Å². The van der Waals surface area contributed by atoms with Gasteiger partial charge >= 0.3 is 5.69 Å². The Morgan fingerprint density at radius 3 is 2.51 bits per heavy atom. The van der Waals surface area contributed by atoms with Crippen molar-refractivity contribution in [1.29, 1.82) is 0 Å². The molecule has 1 aliphatic rings. The van der Waals surface area contributed by atoms with Crippen LogP contribution in [0.15, 0.2) is 56.8 Å². The van der Waals surface area contributed by atoms with E-state index >= 15 is 0 Å². The molecule has 10 nitrogen and oxygen atoms in total. The Labute approximate surface area is 222 Å². The summed E-state index contributed by atoms with van der Waals surface area (Å²) in [5.74, 6) is -0.801. The number of anilines is 3. The highest BCUT2D eigenvalue weighted by molar-refractivity contribution is 5.94. The van der Waals surface area contributed by atoms with Crippen LogP contribution in [0, 0.1) is 19.7 Å². The second-order valence-corrected chi connectivity index (χ2v) is 10.1. The van der Waals surface area contributed by atoms with E-state index in [1.54, 1.807) is 56.3 Å². The van der Waals surface area contributed by atoms with E-state index in [1.165, 1.54) is 28.2 Å². The van der Waals surface area contributed by atoms with Crippen molar-refractivity contribution in [1.82, 2.24) is 19.0 Å². The highest BCUT2D eigenvalue weighted by Crippen LogP contribution is 2.34. The van der Waals surface area contributed by atoms with Crippen molar-refractivity contribution >= 4 is 34.0 Å². The Bertz CT molecular complexity index is 1800. The number of carbonyl (C=O) groups is 1. The number of benzene rings is 2. The number of aryl methyl sites for hydroxylation is 2. The molecule has 39 heavy (non-hydrogen) atoms. The number of hydrogen-bond acceptors (Lipinski definition) is 6. The average molecular weight is 533 g/mol. The Balaban J connectivity index is 1.77. The molecule has 2 heterocycles. The number of rotatable bonds is 7. The predicted octanol–water partition coefficient (Wildman–Crippen LogP) is 3.18. The SMILES string of the molecule is Cc1ccc(Nc2[nH]c(=O)c(C)c3c2c(=O)n(C2CC2)c(=O)n3-c2cccc(NC(=O)CN(C)C)c2)c(F)c1. The molecule has 11 heteroatoms. The summed E-state index contributed by atoms with van der Waals surface area (Å²) < 4.78 is 17.2. The Kier molecular flexibility index (Phi) is 6.69. The molecule has 202 valence electrons. The number of nitrogens with zero attached hydrogens (tertiary/aromatic N) is 3. The molecule has 3 N–H and O–H groups in total. The number of nitrogens with one attached hydrogen (secondary N) is 3. The molecule has 4 aromatic rings. The smallest absolute Gasteiger partial charge is 0.336 e. The van der Waals surface area contributed by atoms with Gasteiger partial charge in [-0.25, -0.2) is 9.18 Å². The predicted molar refractivity (Wildman–Crippen MR) is 149 cm³/mol. The van der Waals surface area contributed by atoms with Crippen LogP contribution >= 0.6 is 0 Å². The fraction of sp³-hybridized carbons (Fsp3) is 0.286. The fourth-order valence-corrected chi connectivity index (χ4v) is 4.64. The fourth-order valence-electron chi connectivity index (χ4n) is 4.64. The summed E-state index contributed by atoms with van der Waals surface area (Å²) in [4.78, 5) is 57.4. The zero-order chi connectivity index (χ0) is 28.0. The van der Waals surface area contributed by atoms with Gasteiger partial charge in [0.05, 0.1) is 23.4 Å². The van der Waals surface area contributed by atoms with Gasteiger partial charge in [-0.15, -0.1) is 0 Å². The third-order valence-electron chi connectivity index (χ3n) is 6.62. The number of amides is 1. The van der Waals surface area contributed by atoms with Crippen molar-refractivity contribution in [3.05, 3.63) is 90.6 Å². The molecule has 0 radical (unpaired) electrons. The van der Waals surface area contributed by atoms with Gasteiger partial charge in [0.2, 0.25) is 5.91 Å². The molecule has 2 aromatic heterocycles. The van der Waals surface area contributed by atoms with Gasteiger partial charge in [-0.3, -0.25) is 23.5 Å². The number of H-pyrrole nitrogens is 1. The molecule has 0 bridgehead atoms. The third-order valence-corrected chi connectivity index (χ3v) is 6.62. The van der Waals surface area contributed by atoms with Gasteiger partial charge in [-0.05, 0) is 76.7 Å². The summed E-state index contributed by atoms with van der Waals surface area (Å²) >= 11 is 0. The van der Waals surface area contributed by atoms with E-state index < -0.39 is 22.6 Å². The molecule has 5 rings (SSSR count). The lowest BCUT2D eigenvalue weighted by Gasteiger charge is -2.19. The number of hydrogen-bond donors (Lipinski definition) is 3. The number of pyridine rings is 1. The molecule has 2 aromatic carbocycles. The summed E-state index contributed by atoms with van der Waals surface area (Å²) in [6, 6.07) is 10.9. The molecule has 0 saturated heterocycles. The topological polar surface area (TPSA) is 121 Å². The second kappa shape index (κ2) is 9.99. The van der Waals surface area contributed by atoms with Gasteiger partial charge in [0.1, 0.15) is 17.0 Å². The van der Waals surface area contributed by atoms with Gasteiger partial charge in [0, 0.05) is 17.3 Å². The Morgan fingerprint density at radius 2 is 1.85 bits per heavy atom. The minimum absolute atomic E-state index is 0.00746. The third kappa shape index (κ3) is 5.00. The van der Waals surface area contributed by atoms with Crippen molar-refractivity contribution in [3.8, 4) is 5.69 Å². The molecular weight excluding hydrogens is 503 g/mol. The van der Waals surface area contributed by atoms with Crippen molar-refractivity contribution in [2.45, 2.75) is 32.7 Å². The van der Waals surface area contributed by atoms with E-state index in [9.17, 15) is 23.6 Å². The molecule has 0 aliphatic heterocycles. The Hall–Kier alpha value is -4.51. The normalized spacial score (nSPS) is 13.2. The summed E-state index contributed by atoms with van der Waals surface area (Å²) in [6.07, 6.45) is 1.33. The van der Waals surface area contributed by atoms with Crippen LogP contribution in [0.4, 0.5) is 21.6 Å². The number of fused-ring (bicyclic) bond motifs is 1. The van der Waals surface area contributed by atoms with Crippen LogP contribution in [0.2, 0.25) is 0 Å². The van der Waals surface area contributed by atoms with E-state index in [0.29, 0.717) is 29.8 Å². The van der Waals surface area contributed by atoms with Crippen molar-refractivity contribution in [2.24, 2.45) is 0 Å². The van der Waals surface area contributed by atoms with Gasteiger partial charge in [-0.1, -0.05) is 12.1 Å². The van der Waals surface area contributed by atoms with Crippen LogP contribution in [0.25, 0.3) is 16.6 Å². The van der Waals surface area contributed by atoms with E-state index in [2.05, 4.69) is 15.6 Å². The van der Waals surface area contributed by atoms with Crippen molar-refractivity contribution in [3.63, 3.8) is 0 Å². The first-order chi connectivity index (χ1) is 18.5. The highest BCUT2D eigenvalue weighted by Gasteiger charge is 2.31. The maximum absolute atomic E-state index is 14.7. The van der Waals surface area contributed by atoms with Gasteiger partial charge in [0.25, 0.3) is 11.1 Å². The molecule has 0 spiro atoms. The molecular formula is C28H29FN6O4. The number of halogens is 1. The number of aromatic nitrogens is 3. The largest absolute Gasteiger partial charge is 0.339 e. The van der Waals surface area contributed by atoms with Crippen LogP contribution in [0.5, 0.6) is 0 Å². The minimum atomic E-state index is -0.590. The van der Waals surface area contributed by atoms with Crippen molar-refractivity contribution < 1.29 is 9.18 Å². The Morgan fingerprint density at radius 1 is 1.10 bits per heavy atom. The van der Waals surface area contributed by atoms with E-state index in [0.717, 1.165) is 0 Å². The molecule has 1 amide bonds. The second-order valence-electron chi connectivity index (χ2n) is 10.1. The zero-order valence-electron chi connectivity index (χ0n) is 22.1. The molecule has 0 unspecified atom stereocenters. The maximum atomic E-state index is 14.7. The van der Waals surface area contributed by atoms with Crippen LogP contribution in [0.3, 0.4) is 0 Å². The lowest BCUT2D eigenvalue weighted by Crippen LogP contribution is -2.40. The summed E-state index contributed by atoms with van der Waals surface area (Å²) in [6.45, 7) is 3.44. The zero-order valence-corrected chi connectivity index (χ0v) is 22.1. The first kappa shape index (κ1) is 26.1. The summed E-state index contributed by atoms with van der Waals surface area (Å²) in [5.41, 5.74) is 0.159. The standard InChI is InChI=1S/C28H29FN6O4/c1-15-8-11-21(20(29)12-15)31-25-23-24(16(2)26(37)32-25)34(28(39)35(27(23)38)18-9-10-18)19-7-5-6-17(13-19)30-22(36)14-33(3)4/h5-8,11-13,18H,9-10,14H2,1-4H3,(H,30,36)(H2,31,32,37). The van der Waals surface area contributed by atoms with E-state index in [4.69, 9.17) is 0 Å². The average Bonchev–Trinajstić information content (AvgIpc) is 3.68. The van der Waals surface area contributed by atoms with E-state index in [1.807, 2.05) is 0 Å². The van der Waals surface area contributed by atoms with Crippen LogP contribution in [0.1, 0.15) is 30.0 Å². The van der Waals surface area contributed by atoms with Gasteiger partial charge in [-0.2, -0.15) is 0 Å². The highest BCUT2D eigenvalue weighted by atomic mass is 19.1. The molecule has 0 atom stereocenters. The lowest BCUT2D eigenvalue weighted by molar-refractivity contribution is -0.116. The summed E-state index contributed by atoms with van der Waals surface area (Å²) in [5, 5.41) is 5.73. The first-order valence-electron chi connectivity index (χ1n) is 12.6. The van der Waals surface area contributed by atoms with Gasteiger partial charge in [0.15, 0.2) is 0 Å². The maximum Gasteiger partial charge on any atom is 0.336 e. The van der Waals surface area contributed by atoms with Crippen LogP contribution in [-0.4, -0.2) is 45.6 Å². The number of aromatic amines is 1. The molecule has 1 aliphatic carbocycles. The number of carbonyl (C=O) groups excluding carboxylic acids is 1. The van der Waals surface area contributed by atoms with E-state index in [-0.39, 0.29) is 46.5 Å². The lowest BCUT2D eigenvalue weighted by atomic mass is 10.1. The molecule has 1 fully saturated rings. The quantitative estimate of drug-likeness (QED) is 0.336. The van der Waals surface area contributed by atoms with Gasteiger partial charge < -0.3 is 20.5 Å².